The van der Waals surface area contributed by atoms with Gasteiger partial charge in [0.2, 0.25) is 0 Å². The van der Waals surface area contributed by atoms with Gasteiger partial charge in [0.25, 0.3) is 5.91 Å². The van der Waals surface area contributed by atoms with Crippen molar-refractivity contribution in [1.29, 1.82) is 0 Å². The molecule has 0 saturated carbocycles. The van der Waals surface area contributed by atoms with Crippen LogP contribution in [0.25, 0.3) is 0 Å². The smallest absolute Gasteiger partial charge is 0.272 e. The van der Waals surface area contributed by atoms with Gasteiger partial charge in [0.15, 0.2) is 0 Å². The summed E-state index contributed by atoms with van der Waals surface area (Å²) in [5, 5.41) is 0. The molecule has 0 aromatic carbocycles. The SMILES string of the molecule is CCC1CCCCN1C(=O)c1ccc(Br)cn1. The summed E-state index contributed by atoms with van der Waals surface area (Å²) < 4.78 is 0.903. The van der Waals surface area contributed by atoms with E-state index in [1.807, 2.05) is 11.0 Å². The van der Waals surface area contributed by atoms with Gasteiger partial charge in [-0.15, -0.1) is 0 Å². The van der Waals surface area contributed by atoms with Crippen LogP contribution in [0.1, 0.15) is 43.1 Å². The summed E-state index contributed by atoms with van der Waals surface area (Å²) in [4.78, 5) is 18.5. The molecule has 0 radical (unpaired) electrons. The monoisotopic (exact) mass is 296 g/mol. The summed E-state index contributed by atoms with van der Waals surface area (Å²) in [6.45, 7) is 3.01. The molecule has 0 spiro atoms. The highest BCUT2D eigenvalue weighted by Gasteiger charge is 2.26. The third-order valence-corrected chi connectivity index (χ3v) is 3.77. The molecule has 1 amide bonds. The number of amides is 1. The molecule has 1 aromatic rings. The van der Waals surface area contributed by atoms with E-state index in [1.165, 1.54) is 6.42 Å². The van der Waals surface area contributed by atoms with E-state index in [9.17, 15) is 4.79 Å². The molecular weight excluding hydrogens is 280 g/mol. The summed E-state index contributed by atoms with van der Waals surface area (Å²) in [6.07, 6.45) is 6.17. The molecule has 1 saturated heterocycles. The molecule has 1 unspecified atom stereocenters. The van der Waals surface area contributed by atoms with Crippen LogP contribution >= 0.6 is 15.9 Å². The van der Waals surface area contributed by atoms with E-state index in [1.54, 1.807) is 12.3 Å². The first-order valence-electron chi connectivity index (χ1n) is 6.15. The van der Waals surface area contributed by atoms with Crippen molar-refractivity contribution >= 4 is 21.8 Å². The summed E-state index contributed by atoms with van der Waals surface area (Å²) in [5.41, 5.74) is 0.550. The molecule has 1 fully saturated rings. The van der Waals surface area contributed by atoms with Crippen molar-refractivity contribution in [2.45, 2.75) is 38.6 Å². The Hall–Kier alpha value is -0.900. The maximum Gasteiger partial charge on any atom is 0.272 e. The van der Waals surface area contributed by atoms with Crippen LogP contribution in [0.3, 0.4) is 0 Å². The molecule has 2 heterocycles. The molecule has 92 valence electrons. The van der Waals surface area contributed by atoms with Gasteiger partial charge in [0, 0.05) is 23.3 Å². The Bertz CT molecular complexity index is 391. The normalized spacial score (nSPS) is 20.4. The minimum Gasteiger partial charge on any atom is -0.334 e. The maximum absolute atomic E-state index is 12.3. The number of pyridine rings is 1. The zero-order valence-corrected chi connectivity index (χ0v) is 11.6. The van der Waals surface area contributed by atoms with Gasteiger partial charge in [-0.25, -0.2) is 4.98 Å². The molecule has 0 aliphatic carbocycles. The van der Waals surface area contributed by atoms with Crippen LogP contribution < -0.4 is 0 Å². The van der Waals surface area contributed by atoms with E-state index in [-0.39, 0.29) is 5.91 Å². The van der Waals surface area contributed by atoms with Crippen LogP contribution in [-0.2, 0) is 0 Å². The van der Waals surface area contributed by atoms with Crippen molar-refractivity contribution in [3.63, 3.8) is 0 Å². The van der Waals surface area contributed by atoms with Crippen LogP contribution in [0.2, 0.25) is 0 Å². The number of aromatic nitrogens is 1. The van der Waals surface area contributed by atoms with E-state index >= 15 is 0 Å². The van der Waals surface area contributed by atoms with Crippen molar-refractivity contribution in [3.8, 4) is 0 Å². The zero-order valence-electron chi connectivity index (χ0n) is 10.0. The molecule has 1 aromatic heterocycles. The van der Waals surface area contributed by atoms with Gasteiger partial charge in [-0.2, -0.15) is 0 Å². The molecule has 0 bridgehead atoms. The standard InChI is InChI=1S/C13H17BrN2O/c1-2-11-5-3-4-8-16(11)13(17)12-7-6-10(14)9-15-12/h6-7,9,11H,2-5,8H2,1H3. The van der Waals surface area contributed by atoms with E-state index in [0.717, 1.165) is 30.3 Å². The van der Waals surface area contributed by atoms with Crippen molar-refractivity contribution in [2.24, 2.45) is 0 Å². The Labute approximate surface area is 110 Å². The third-order valence-electron chi connectivity index (χ3n) is 3.31. The topological polar surface area (TPSA) is 33.2 Å². The molecule has 2 rings (SSSR count). The zero-order chi connectivity index (χ0) is 12.3. The van der Waals surface area contributed by atoms with Crippen molar-refractivity contribution in [2.75, 3.05) is 6.54 Å². The third kappa shape index (κ3) is 2.86. The van der Waals surface area contributed by atoms with Crippen LogP contribution in [-0.4, -0.2) is 28.4 Å². The first-order chi connectivity index (χ1) is 8.22. The Morgan fingerprint density at radius 2 is 2.35 bits per heavy atom. The van der Waals surface area contributed by atoms with Gasteiger partial charge in [-0.3, -0.25) is 4.79 Å². The van der Waals surface area contributed by atoms with Gasteiger partial charge < -0.3 is 4.90 Å². The molecule has 4 heteroatoms. The van der Waals surface area contributed by atoms with Gasteiger partial charge >= 0.3 is 0 Å². The van der Waals surface area contributed by atoms with E-state index < -0.39 is 0 Å². The second-order valence-corrected chi connectivity index (χ2v) is 5.33. The van der Waals surface area contributed by atoms with Crippen LogP contribution in [0, 0.1) is 0 Å². The number of hydrogen-bond donors (Lipinski definition) is 0. The van der Waals surface area contributed by atoms with Gasteiger partial charge in [0.05, 0.1) is 0 Å². The molecule has 17 heavy (non-hydrogen) atoms. The molecule has 1 atom stereocenters. The lowest BCUT2D eigenvalue weighted by molar-refractivity contribution is 0.0602. The second kappa shape index (κ2) is 5.63. The predicted molar refractivity (Wildman–Crippen MR) is 70.9 cm³/mol. The summed E-state index contributed by atoms with van der Waals surface area (Å²) in [5.74, 6) is 0.0732. The van der Waals surface area contributed by atoms with E-state index in [4.69, 9.17) is 0 Å². The maximum atomic E-state index is 12.3. The van der Waals surface area contributed by atoms with E-state index in [2.05, 4.69) is 27.8 Å². The predicted octanol–water partition coefficient (Wildman–Crippen LogP) is 3.25. The summed E-state index contributed by atoms with van der Waals surface area (Å²) in [6, 6.07) is 4.04. The summed E-state index contributed by atoms with van der Waals surface area (Å²) in [7, 11) is 0. The first kappa shape index (κ1) is 12.6. The number of hydrogen-bond acceptors (Lipinski definition) is 2. The largest absolute Gasteiger partial charge is 0.334 e. The van der Waals surface area contributed by atoms with Gasteiger partial charge in [-0.1, -0.05) is 6.92 Å². The number of halogens is 1. The average Bonchev–Trinajstić information content (AvgIpc) is 2.39. The number of nitrogens with zero attached hydrogens (tertiary/aromatic N) is 2. The van der Waals surface area contributed by atoms with Crippen LogP contribution in [0.15, 0.2) is 22.8 Å². The second-order valence-electron chi connectivity index (χ2n) is 4.42. The lowest BCUT2D eigenvalue weighted by Crippen LogP contribution is -2.43. The van der Waals surface area contributed by atoms with Crippen molar-refractivity contribution in [1.82, 2.24) is 9.88 Å². The Balaban J connectivity index is 2.15. The average molecular weight is 297 g/mol. The lowest BCUT2D eigenvalue weighted by atomic mass is 9.99. The van der Waals surface area contributed by atoms with Crippen LogP contribution in [0.5, 0.6) is 0 Å². The fraction of sp³-hybridized carbons (Fsp3) is 0.538. The molecule has 3 nitrogen and oxygen atoms in total. The van der Waals surface area contributed by atoms with Crippen molar-refractivity contribution in [3.05, 3.63) is 28.5 Å². The Morgan fingerprint density at radius 3 is 3.00 bits per heavy atom. The Morgan fingerprint density at radius 1 is 1.53 bits per heavy atom. The quantitative estimate of drug-likeness (QED) is 0.839. The first-order valence-corrected chi connectivity index (χ1v) is 6.94. The number of carbonyl (C=O) groups is 1. The summed E-state index contributed by atoms with van der Waals surface area (Å²) >= 11 is 3.33. The fourth-order valence-electron chi connectivity index (χ4n) is 2.34. The molecular formula is C13H17BrN2O. The van der Waals surface area contributed by atoms with Gasteiger partial charge in [-0.05, 0) is 53.7 Å². The molecule has 0 N–H and O–H groups in total. The minimum atomic E-state index is 0.0732. The van der Waals surface area contributed by atoms with E-state index in [0.29, 0.717) is 11.7 Å². The highest BCUT2D eigenvalue weighted by Crippen LogP contribution is 2.21. The van der Waals surface area contributed by atoms with Gasteiger partial charge in [0.1, 0.15) is 5.69 Å². The number of carbonyl (C=O) groups excluding carboxylic acids is 1. The molecule has 1 aliphatic heterocycles. The molecule has 1 aliphatic rings. The number of rotatable bonds is 2. The number of piperidine rings is 1. The Kier molecular flexibility index (Phi) is 4.15. The van der Waals surface area contributed by atoms with Crippen molar-refractivity contribution < 1.29 is 4.79 Å². The minimum absolute atomic E-state index is 0.0732. The highest BCUT2D eigenvalue weighted by molar-refractivity contribution is 9.10. The number of likely N-dealkylation sites (tertiary alicyclic amines) is 1. The van der Waals surface area contributed by atoms with Crippen LogP contribution in [0.4, 0.5) is 0 Å². The highest BCUT2D eigenvalue weighted by atomic mass is 79.9. The lowest BCUT2D eigenvalue weighted by Gasteiger charge is -2.35. The fourth-order valence-corrected chi connectivity index (χ4v) is 2.58.